The zero-order valence-corrected chi connectivity index (χ0v) is 20.1. The van der Waals surface area contributed by atoms with Gasteiger partial charge in [0.05, 0.1) is 36.5 Å². The quantitative estimate of drug-likeness (QED) is 0.317. The van der Waals surface area contributed by atoms with Crippen molar-refractivity contribution in [3.05, 3.63) is 53.5 Å². The Labute approximate surface area is 202 Å². The molecule has 0 aliphatic heterocycles. The van der Waals surface area contributed by atoms with E-state index in [1.165, 1.54) is 14.2 Å². The lowest BCUT2D eigenvalue weighted by Crippen LogP contribution is -2.15. The Bertz CT molecular complexity index is 1230. The van der Waals surface area contributed by atoms with Crippen LogP contribution in [0, 0.1) is 11.7 Å². The number of methoxy groups -OCH3 is 3. The van der Waals surface area contributed by atoms with Crippen molar-refractivity contribution in [1.29, 1.82) is 0 Å². The van der Waals surface area contributed by atoms with Crippen LogP contribution >= 0.6 is 0 Å². The topological polar surface area (TPSA) is 97.6 Å². The zero-order valence-electron chi connectivity index (χ0n) is 20.1. The highest BCUT2D eigenvalue weighted by Gasteiger charge is 2.22. The predicted octanol–water partition coefficient (Wildman–Crippen LogP) is 3.81. The minimum absolute atomic E-state index is 0.0836. The lowest BCUT2D eigenvalue weighted by molar-refractivity contribution is 0.0445. The third-order valence-electron chi connectivity index (χ3n) is 6.07. The van der Waals surface area contributed by atoms with Crippen LogP contribution in [-0.2, 0) is 27.2 Å². The number of benzene rings is 1. The van der Waals surface area contributed by atoms with Crippen molar-refractivity contribution >= 4 is 22.6 Å². The number of aromatic nitrogens is 4. The first-order chi connectivity index (χ1) is 17.0. The van der Waals surface area contributed by atoms with Crippen LogP contribution in [0.2, 0.25) is 0 Å². The molecule has 1 atom stereocenters. The Morgan fingerprint density at radius 2 is 2.06 bits per heavy atom. The molecule has 1 aromatic carbocycles. The van der Waals surface area contributed by atoms with E-state index >= 15 is 0 Å². The number of halogens is 1. The maximum absolute atomic E-state index is 13.9. The molecule has 2 aromatic heterocycles. The summed E-state index contributed by atoms with van der Waals surface area (Å²) < 4.78 is 36.2. The normalized spacial score (nSPS) is 15.8. The third-order valence-corrected chi connectivity index (χ3v) is 6.07. The third kappa shape index (κ3) is 5.66. The number of carbonyl (C=O) groups is 1. The van der Waals surface area contributed by atoms with Gasteiger partial charge in [-0.3, -0.25) is 0 Å². The molecule has 3 aromatic rings. The molecule has 0 bridgehead atoms. The lowest BCUT2D eigenvalue weighted by atomic mass is 9.87. The predicted molar refractivity (Wildman–Crippen MR) is 126 cm³/mol. The standard InChI is InChI=1S/C25H29FN4O5/c1-32-11-10-30-21-13-18(25(31)34-3)8-9-20(21)28-22(30)12-16-4-6-17(7-5-16)23-27-14-19(26)24(29-23)35-15-33-2/h6,8-9,13-14,16H,4-5,7,10-12,15H2,1-3H3. The van der Waals surface area contributed by atoms with Crippen LogP contribution in [0.3, 0.4) is 0 Å². The summed E-state index contributed by atoms with van der Waals surface area (Å²) in [6.07, 6.45) is 6.53. The molecule has 0 saturated carbocycles. The van der Waals surface area contributed by atoms with Crippen LogP contribution in [-0.4, -0.2) is 60.2 Å². The maximum atomic E-state index is 13.9. The fourth-order valence-corrected chi connectivity index (χ4v) is 4.26. The second-order valence-corrected chi connectivity index (χ2v) is 8.34. The van der Waals surface area contributed by atoms with E-state index in [1.807, 2.05) is 12.1 Å². The molecule has 1 unspecified atom stereocenters. The largest absolute Gasteiger partial charge is 0.465 e. The van der Waals surface area contributed by atoms with Crippen molar-refractivity contribution in [2.24, 2.45) is 5.92 Å². The summed E-state index contributed by atoms with van der Waals surface area (Å²) in [7, 11) is 4.50. The van der Waals surface area contributed by atoms with Gasteiger partial charge < -0.3 is 23.5 Å². The van der Waals surface area contributed by atoms with Crippen molar-refractivity contribution < 1.29 is 28.1 Å². The van der Waals surface area contributed by atoms with E-state index in [9.17, 15) is 9.18 Å². The van der Waals surface area contributed by atoms with Crippen LogP contribution in [0.15, 0.2) is 30.5 Å². The number of hydrogen-bond acceptors (Lipinski definition) is 8. The molecule has 0 saturated heterocycles. The van der Waals surface area contributed by atoms with Crippen molar-refractivity contribution in [3.63, 3.8) is 0 Å². The molecular weight excluding hydrogens is 455 g/mol. The summed E-state index contributed by atoms with van der Waals surface area (Å²) in [5.41, 5.74) is 3.18. The number of rotatable bonds is 10. The van der Waals surface area contributed by atoms with E-state index in [-0.39, 0.29) is 18.6 Å². The SMILES string of the molecule is COCCn1c(CC2CC=C(c3ncc(F)c(OCOC)n3)CC2)nc2ccc(C(=O)OC)cc21. The summed E-state index contributed by atoms with van der Waals surface area (Å²) >= 11 is 0. The number of fused-ring (bicyclic) bond motifs is 1. The fourth-order valence-electron chi connectivity index (χ4n) is 4.26. The van der Waals surface area contributed by atoms with E-state index in [2.05, 4.69) is 20.6 Å². The fraction of sp³-hybridized carbons (Fsp3) is 0.440. The number of imidazole rings is 1. The minimum Gasteiger partial charge on any atom is -0.465 e. The van der Waals surface area contributed by atoms with Gasteiger partial charge >= 0.3 is 5.97 Å². The van der Waals surface area contributed by atoms with Crippen molar-refractivity contribution in [1.82, 2.24) is 19.5 Å². The molecule has 0 spiro atoms. The molecule has 1 aliphatic carbocycles. The number of allylic oxidation sites excluding steroid dienone is 2. The first-order valence-electron chi connectivity index (χ1n) is 11.4. The van der Waals surface area contributed by atoms with E-state index in [0.29, 0.717) is 30.5 Å². The summed E-state index contributed by atoms with van der Waals surface area (Å²) in [6, 6.07) is 5.40. The molecule has 186 valence electrons. The molecular formula is C25H29FN4O5. The highest BCUT2D eigenvalue weighted by Crippen LogP contribution is 2.32. The van der Waals surface area contributed by atoms with Crippen LogP contribution < -0.4 is 4.74 Å². The van der Waals surface area contributed by atoms with E-state index < -0.39 is 5.82 Å². The molecule has 10 heteroatoms. The molecule has 2 heterocycles. The summed E-state index contributed by atoms with van der Waals surface area (Å²) in [4.78, 5) is 25.2. The Hall–Kier alpha value is -3.37. The van der Waals surface area contributed by atoms with Gasteiger partial charge in [0.25, 0.3) is 5.88 Å². The van der Waals surface area contributed by atoms with E-state index in [4.69, 9.17) is 23.9 Å². The Morgan fingerprint density at radius 1 is 1.20 bits per heavy atom. The van der Waals surface area contributed by atoms with Gasteiger partial charge in [-0.15, -0.1) is 0 Å². The van der Waals surface area contributed by atoms with Gasteiger partial charge in [-0.25, -0.2) is 14.8 Å². The Balaban J connectivity index is 1.52. The van der Waals surface area contributed by atoms with Gasteiger partial charge in [-0.05, 0) is 49.0 Å². The molecule has 0 radical (unpaired) electrons. The first kappa shape index (κ1) is 24.7. The molecule has 35 heavy (non-hydrogen) atoms. The van der Waals surface area contributed by atoms with Crippen LogP contribution in [0.5, 0.6) is 5.88 Å². The number of esters is 1. The second-order valence-electron chi connectivity index (χ2n) is 8.34. The second kappa shape index (κ2) is 11.4. The van der Waals surface area contributed by atoms with Gasteiger partial charge in [0, 0.05) is 27.2 Å². The Kier molecular flexibility index (Phi) is 8.04. The Morgan fingerprint density at radius 3 is 2.77 bits per heavy atom. The smallest absolute Gasteiger partial charge is 0.337 e. The molecule has 0 amide bonds. The highest BCUT2D eigenvalue weighted by atomic mass is 19.1. The van der Waals surface area contributed by atoms with E-state index in [0.717, 1.165) is 54.3 Å². The molecule has 9 nitrogen and oxygen atoms in total. The molecule has 4 rings (SSSR count). The summed E-state index contributed by atoms with van der Waals surface area (Å²) in [5.74, 6) is 0.689. The number of ether oxygens (including phenoxy) is 4. The van der Waals surface area contributed by atoms with Crippen molar-refractivity contribution in [2.75, 3.05) is 34.7 Å². The zero-order chi connectivity index (χ0) is 24.8. The van der Waals surface area contributed by atoms with Gasteiger partial charge in [0.1, 0.15) is 5.82 Å². The van der Waals surface area contributed by atoms with Gasteiger partial charge in [-0.1, -0.05) is 6.08 Å². The molecule has 0 N–H and O–H groups in total. The average molecular weight is 485 g/mol. The number of hydrogen-bond donors (Lipinski definition) is 0. The number of carbonyl (C=O) groups excluding carboxylic acids is 1. The first-order valence-corrected chi connectivity index (χ1v) is 11.4. The van der Waals surface area contributed by atoms with Crippen LogP contribution in [0.1, 0.15) is 41.3 Å². The van der Waals surface area contributed by atoms with Crippen LogP contribution in [0.4, 0.5) is 4.39 Å². The van der Waals surface area contributed by atoms with Gasteiger partial charge in [0.2, 0.25) is 5.82 Å². The lowest BCUT2D eigenvalue weighted by Gasteiger charge is -2.22. The average Bonchev–Trinajstić information content (AvgIpc) is 3.22. The van der Waals surface area contributed by atoms with Gasteiger partial charge in [0.15, 0.2) is 12.6 Å². The van der Waals surface area contributed by atoms with E-state index in [1.54, 1.807) is 13.2 Å². The minimum atomic E-state index is -0.620. The van der Waals surface area contributed by atoms with Gasteiger partial charge in [-0.2, -0.15) is 9.37 Å². The summed E-state index contributed by atoms with van der Waals surface area (Å²) in [6.45, 7) is 1.08. The molecule has 1 aliphatic rings. The monoisotopic (exact) mass is 484 g/mol. The maximum Gasteiger partial charge on any atom is 0.337 e. The van der Waals surface area contributed by atoms with Crippen LogP contribution in [0.25, 0.3) is 16.6 Å². The van der Waals surface area contributed by atoms with Crippen molar-refractivity contribution in [2.45, 2.75) is 32.2 Å². The summed E-state index contributed by atoms with van der Waals surface area (Å²) in [5, 5.41) is 0. The molecule has 0 fully saturated rings. The highest BCUT2D eigenvalue weighted by molar-refractivity contribution is 5.93. The number of nitrogens with zero attached hydrogens (tertiary/aromatic N) is 4. The van der Waals surface area contributed by atoms with Crippen molar-refractivity contribution in [3.8, 4) is 5.88 Å².